The van der Waals surface area contributed by atoms with Gasteiger partial charge in [-0.1, -0.05) is 25.5 Å². The smallest absolute Gasteiger partial charge is 0.203 e. The van der Waals surface area contributed by atoms with Gasteiger partial charge < -0.3 is 14.6 Å². The molecule has 0 aliphatic carbocycles. The zero-order valence-corrected chi connectivity index (χ0v) is 13.2. The molecule has 0 saturated heterocycles. The van der Waals surface area contributed by atoms with Crippen molar-refractivity contribution in [2.75, 3.05) is 19.0 Å². The first kappa shape index (κ1) is 15.4. The molecule has 1 aromatic heterocycles. The normalized spacial score (nSPS) is 10.6. The van der Waals surface area contributed by atoms with Crippen LogP contribution < -0.4 is 10.1 Å². The topological polar surface area (TPSA) is 39.1 Å². The van der Waals surface area contributed by atoms with Crippen molar-refractivity contribution in [1.29, 1.82) is 0 Å². The minimum absolute atomic E-state index is 0.902. The number of unbranched alkanes of at least 4 members (excludes halogenated alkanes) is 1. The molecule has 0 amide bonds. The molecule has 0 spiro atoms. The number of methoxy groups -OCH3 is 1. The summed E-state index contributed by atoms with van der Waals surface area (Å²) in [7, 11) is 1.69. The van der Waals surface area contributed by atoms with Gasteiger partial charge in [-0.15, -0.1) is 0 Å². The number of aromatic nitrogens is 2. The SMILES string of the molecule is CCCCNc1nc(C)cn1CCc1ccc(OC)cc1. The molecule has 0 atom stereocenters. The van der Waals surface area contributed by atoms with Crippen molar-refractivity contribution in [3.8, 4) is 5.75 Å². The van der Waals surface area contributed by atoms with Crippen LogP contribution in [0.25, 0.3) is 0 Å². The standard InChI is InChI=1S/C17H25N3O/c1-4-5-11-18-17-19-14(2)13-20(17)12-10-15-6-8-16(21-3)9-7-15/h6-9,13H,4-5,10-12H2,1-3H3,(H,18,19). The summed E-state index contributed by atoms with van der Waals surface area (Å²) in [4.78, 5) is 4.55. The molecule has 4 nitrogen and oxygen atoms in total. The van der Waals surface area contributed by atoms with Gasteiger partial charge in [-0.25, -0.2) is 4.98 Å². The molecule has 21 heavy (non-hydrogen) atoms. The zero-order chi connectivity index (χ0) is 15.1. The summed E-state index contributed by atoms with van der Waals surface area (Å²) in [5.41, 5.74) is 2.37. The minimum Gasteiger partial charge on any atom is -0.497 e. The van der Waals surface area contributed by atoms with E-state index in [2.05, 4.69) is 40.1 Å². The molecule has 1 aromatic carbocycles. The van der Waals surface area contributed by atoms with Crippen LogP contribution in [0.3, 0.4) is 0 Å². The number of ether oxygens (including phenoxy) is 1. The van der Waals surface area contributed by atoms with Crippen LogP contribution >= 0.6 is 0 Å². The third kappa shape index (κ3) is 4.52. The molecule has 1 N–H and O–H groups in total. The fourth-order valence-electron chi connectivity index (χ4n) is 2.28. The summed E-state index contributed by atoms with van der Waals surface area (Å²) < 4.78 is 7.39. The van der Waals surface area contributed by atoms with E-state index in [1.807, 2.05) is 19.1 Å². The van der Waals surface area contributed by atoms with Gasteiger partial charge >= 0.3 is 0 Å². The lowest BCUT2D eigenvalue weighted by atomic mass is 10.1. The fourth-order valence-corrected chi connectivity index (χ4v) is 2.28. The van der Waals surface area contributed by atoms with Gasteiger partial charge in [0.25, 0.3) is 0 Å². The lowest BCUT2D eigenvalue weighted by molar-refractivity contribution is 0.414. The first-order valence-corrected chi connectivity index (χ1v) is 7.63. The van der Waals surface area contributed by atoms with E-state index in [0.29, 0.717) is 0 Å². The van der Waals surface area contributed by atoms with E-state index in [0.717, 1.165) is 36.9 Å². The van der Waals surface area contributed by atoms with Gasteiger partial charge in [-0.3, -0.25) is 0 Å². The summed E-state index contributed by atoms with van der Waals surface area (Å²) >= 11 is 0. The van der Waals surface area contributed by atoms with Crippen molar-refractivity contribution >= 4 is 5.95 Å². The molecule has 0 unspecified atom stereocenters. The Balaban J connectivity index is 1.95. The number of hydrogen-bond acceptors (Lipinski definition) is 3. The van der Waals surface area contributed by atoms with E-state index in [9.17, 15) is 0 Å². The molecule has 2 rings (SSSR count). The molecule has 114 valence electrons. The van der Waals surface area contributed by atoms with Crippen molar-refractivity contribution in [2.45, 2.75) is 39.7 Å². The highest BCUT2D eigenvalue weighted by atomic mass is 16.5. The van der Waals surface area contributed by atoms with Crippen LogP contribution in [0.2, 0.25) is 0 Å². The Morgan fingerprint density at radius 3 is 2.67 bits per heavy atom. The maximum absolute atomic E-state index is 5.18. The Morgan fingerprint density at radius 2 is 2.00 bits per heavy atom. The molecule has 0 saturated carbocycles. The van der Waals surface area contributed by atoms with Crippen LogP contribution in [-0.4, -0.2) is 23.2 Å². The molecule has 1 heterocycles. The second-order valence-corrected chi connectivity index (χ2v) is 5.28. The largest absolute Gasteiger partial charge is 0.497 e. The highest BCUT2D eigenvalue weighted by Gasteiger charge is 2.05. The number of benzene rings is 1. The lowest BCUT2D eigenvalue weighted by Crippen LogP contribution is -2.09. The summed E-state index contributed by atoms with van der Waals surface area (Å²) in [6.07, 6.45) is 5.46. The third-order valence-electron chi connectivity index (χ3n) is 3.51. The number of aryl methyl sites for hydroxylation is 3. The number of rotatable bonds is 8. The van der Waals surface area contributed by atoms with Crippen molar-refractivity contribution in [3.05, 3.63) is 41.7 Å². The Bertz CT molecular complexity index is 546. The summed E-state index contributed by atoms with van der Waals surface area (Å²) in [5.74, 6) is 1.88. The predicted octanol–water partition coefficient (Wildman–Crippen LogP) is 3.65. The van der Waals surface area contributed by atoms with E-state index >= 15 is 0 Å². The van der Waals surface area contributed by atoms with Crippen molar-refractivity contribution < 1.29 is 4.74 Å². The number of hydrogen-bond donors (Lipinski definition) is 1. The second kappa shape index (κ2) is 7.72. The second-order valence-electron chi connectivity index (χ2n) is 5.28. The van der Waals surface area contributed by atoms with Gasteiger partial charge in [-0.05, 0) is 37.5 Å². The molecule has 4 heteroatoms. The van der Waals surface area contributed by atoms with E-state index in [4.69, 9.17) is 4.74 Å². The van der Waals surface area contributed by atoms with Crippen molar-refractivity contribution in [2.24, 2.45) is 0 Å². The fraction of sp³-hybridized carbons (Fsp3) is 0.471. The van der Waals surface area contributed by atoms with Gasteiger partial charge in [0.05, 0.1) is 12.8 Å². The lowest BCUT2D eigenvalue weighted by Gasteiger charge is -2.09. The van der Waals surface area contributed by atoms with Gasteiger partial charge in [-0.2, -0.15) is 0 Å². The van der Waals surface area contributed by atoms with Crippen LogP contribution in [0.4, 0.5) is 5.95 Å². The van der Waals surface area contributed by atoms with Crippen LogP contribution in [0.5, 0.6) is 5.75 Å². The first-order valence-electron chi connectivity index (χ1n) is 7.63. The monoisotopic (exact) mass is 287 g/mol. The number of imidazole rings is 1. The Hall–Kier alpha value is -1.97. The summed E-state index contributed by atoms with van der Waals surface area (Å²) in [6.45, 7) is 6.15. The summed E-state index contributed by atoms with van der Waals surface area (Å²) in [5, 5.41) is 3.42. The molecule has 0 fully saturated rings. The average molecular weight is 287 g/mol. The van der Waals surface area contributed by atoms with Gasteiger partial charge in [0, 0.05) is 19.3 Å². The van der Waals surface area contributed by atoms with E-state index < -0.39 is 0 Å². The molecule has 0 aliphatic rings. The molecule has 0 aliphatic heterocycles. The molecule has 2 aromatic rings. The van der Waals surface area contributed by atoms with Gasteiger partial charge in [0.15, 0.2) is 0 Å². The zero-order valence-electron chi connectivity index (χ0n) is 13.2. The number of anilines is 1. The quantitative estimate of drug-likeness (QED) is 0.753. The molecule has 0 radical (unpaired) electrons. The van der Waals surface area contributed by atoms with E-state index in [-0.39, 0.29) is 0 Å². The van der Waals surface area contributed by atoms with Crippen LogP contribution in [0.15, 0.2) is 30.5 Å². The van der Waals surface area contributed by atoms with Crippen LogP contribution in [0.1, 0.15) is 31.0 Å². The number of nitrogens with one attached hydrogen (secondary N) is 1. The molecular formula is C17H25N3O. The van der Waals surface area contributed by atoms with Crippen molar-refractivity contribution in [1.82, 2.24) is 9.55 Å². The highest BCUT2D eigenvalue weighted by Crippen LogP contribution is 2.14. The van der Waals surface area contributed by atoms with E-state index in [1.54, 1.807) is 7.11 Å². The Morgan fingerprint density at radius 1 is 1.24 bits per heavy atom. The van der Waals surface area contributed by atoms with Crippen LogP contribution in [-0.2, 0) is 13.0 Å². The maximum Gasteiger partial charge on any atom is 0.203 e. The van der Waals surface area contributed by atoms with Crippen molar-refractivity contribution in [3.63, 3.8) is 0 Å². The third-order valence-corrected chi connectivity index (χ3v) is 3.51. The number of nitrogens with zero attached hydrogens (tertiary/aromatic N) is 2. The average Bonchev–Trinajstić information content (AvgIpc) is 2.86. The Kier molecular flexibility index (Phi) is 5.67. The van der Waals surface area contributed by atoms with Gasteiger partial charge in [0.1, 0.15) is 5.75 Å². The first-order chi connectivity index (χ1) is 10.2. The predicted molar refractivity (Wildman–Crippen MR) is 87.1 cm³/mol. The maximum atomic E-state index is 5.18. The minimum atomic E-state index is 0.902. The highest BCUT2D eigenvalue weighted by molar-refractivity contribution is 5.30. The summed E-state index contributed by atoms with van der Waals surface area (Å²) in [6, 6.07) is 8.25. The molecular weight excluding hydrogens is 262 g/mol. The Labute approximate surface area is 127 Å². The van der Waals surface area contributed by atoms with Gasteiger partial charge in [0.2, 0.25) is 5.95 Å². The van der Waals surface area contributed by atoms with E-state index in [1.165, 1.54) is 18.4 Å². The molecule has 0 bridgehead atoms. The van der Waals surface area contributed by atoms with Crippen LogP contribution in [0, 0.1) is 6.92 Å².